The number of hydrazone groups is 1. The van der Waals surface area contributed by atoms with E-state index in [1.807, 2.05) is 32.0 Å². The Morgan fingerprint density at radius 1 is 1.27 bits per heavy atom. The number of amides is 1. The third kappa shape index (κ3) is 2.68. The van der Waals surface area contributed by atoms with Gasteiger partial charge in [-0.2, -0.15) is 10.1 Å². The Bertz CT molecular complexity index is 605. The first-order valence-corrected chi connectivity index (χ1v) is 8.18. The van der Waals surface area contributed by atoms with E-state index in [1.165, 1.54) is 11.4 Å². The maximum Gasteiger partial charge on any atom is 0.276 e. The lowest BCUT2D eigenvalue weighted by molar-refractivity contribution is -0.122. The number of aryl methyl sites for hydroxylation is 1. The summed E-state index contributed by atoms with van der Waals surface area (Å²) in [5.74, 6) is -0.0789. The lowest BCUT2D eigenvalue weighted by Crippen LogP contribution is -2.52. The van der Waals surface area contributed by atoms with Gasteiger partial charge in [-0.3, -0.25) is 4.79 Å². The van der Waals surface area contributed by atoms with Gasteiger partial charge in [-0.1, -0.05) is 37.0 Å². The van der Waals surface area contributed by atoms with Gasteiger partial charge in [0.15, 0.2) is 5.72 Å². The van der Waals surface area contributed by atoms with Crippen LogP contribution in [0.4, 0.5) is 0 Å². The molecule has 1 amide bonds. The number of carbonyl (C=O) groups is 1. The van der Waals surface area contributed by atoms with E-state index in [0.29, 0.717) is 12.0 Å². The molecule has 1 aromatic carbocycles. The van der Waals surface area contributed by atoms with Crippen LogP contribution in [0.5, 0.6) is 0 Å². The maximum absolute atomic E-state index is 12.9. The molecule has 2 aliphatic rings. The zero-order valence-corrected chi connectivity index (χ0v) is 13.4. The van der Waals surface area contributed by atoms with E-state index in [4.69, 9.17) is 0 Å². The Balaban J connectivity index is 1.90. The molecule has 0 bridgehead atoms. The number of rotatable bonds is 2. The Hall–Kier alpha value is -1.68. The van der Waals surface area contributed by atoms with Gasteiger partial charge in [0.25, 0.3) is 5.91 Å². The monoisotopic (exact) mass is 300 g/mol. The van der Waals surface area contributed by atoms with E-state index in [-0.39, 0.29) is 11.8 Å². The third-order valence-corrected chi connectivity index (χ3v) is 4.87. The number of hydrogen-bond acceptors (Lipinski definition) is 3. The van der Waals surface area contributed by atoms with Crippen molar-refractivity contribution in [2.75, 3.05) is 0 Å². The summed E-state index contributed by atoms with van der Waals surface area (Å²) in [4.78, 5) is 12.9. The SMILES string of the molecule is CC1=NN(C(=O)c2cccc(C)c2)C(O)(C2CCCCC2)C1. The summed E-state index contributed by atoms with van der Waals surface area (Å²) in [6, 6.07) is 7.48. The molecular formula is C18H24N2O2. The van der Waals surface area contributed by atoms with E-state index >= 15 is 0 Å². The number of hydrogen-bond donors (Lipinski definition) is 1. The second-order valence-electron chi connectivity index (χ2n) is 6.71. The predicted octanol–water partition coefficient (Wildman–Crippen LogP) is 3.49. The normalized spacial score (nSPS) is 26.1. The fourth-order valence-corrected chi connectivity index (χ4v) is 3.75. The number of nitrogens with zero attached hydrogens (tertiary/aromatic N) is 2. The van der Waals surface area contributed by atoms with Gasteiger partial charge < -0.3 is 5.11 Å². The summed E-state index contributed by atoms with van der Waals surface area (Å²) in [7, 11) is 0. The van der Waals surface area contributed by atoms with Crippen molar-refractivity contribution in [3.05, 3.63) is 35.4 Å². The van der Waals surface area contributed by atoms with E-state index in [2.05, 4.69) is 5.10 Å². The van der Waals surface area contributed by atoms with Crippen molar-refractivity contribution in [2.24, 2.45) is 11.0 Å². The van der Waals surface area contributed by atoms with Gasteiger partial charge >= 0.3 is 0 Å². The van der Waals surface area contributed by atoms with Crippen LogP contribution >= 0.6 is 0 Å². The van der Waals surface area contributed by atoms with Gasteiger partial charge in [0.1, 0.15) is 0 Å². The molecule has 1 aliphatic heterocycles. The molecule has 1 unspecified atom stereocenters. The fourth-order valence-electron chi connectivity index (χ4n) is 3.75. The molecule has 4 nitrogen and oxygen atoms in total. The van der Waals surface area contributed by atoms with Crippen LogP contribution in [0.25, 0.3) is 0 Å². The first-order valence-electron chi connectivity index (χ1n) is 8.18. The molecule has 1 atom stereocenters. The Kier molecular flexibility index (Phi) is 4.04. The molecule has 0 aromatic heterocycles. The zero-order valence-electron chi connectivity index (χ0n) is 13.4. The van der Waals surface area contributed by atoms with E-state index in [0.717, 1.165) is 37.0 Å². The summed E-state index contributed by atoms with van der Waals surface area (Å²) in [6.45, 7) is 3.85. The highest BCUT2D eigenvalue weighted by Crippen LogP contribution is 2.41. The van der Waals surface area contributed by atoms with Crippen LogP contribution < -0.4 is 0 Å². The Labute approximate surface area is 131 Å². The number of benzene rings is 1. The highest BCUT2D eigenvalue weighted by Gasteiger charge is 2.49. The Morgan fingerprint density at radius 3 is 2.68 bits per heavy atom. The zero-order chi connectivity index (χ0) is 15.7. The van der Waals surface area contributed by atoms with Gasteiger partial charge in [-0.15, -0.1) is 0 Å². The molecule has 0 radical (unpaired) electrons. The largest absolute Gasteiger partial charge is 0.368 e. The lowest BCUT2D eigenvalue weighted by Gasteiger charge is -2.40. The van der Waals surface area contributed by atoms with E-state index < -0.39 is 5.72 Å². The topological polar surface area (TPSA) is 52.9 Å². The average Bonchev–Trinajstić information content (AvgIpc) is 2.83. The minimum Gasteiger partial charge on any atom is -0.368 e. The number of aliphatic hydroxyl groups is 1. The van der Waals surface area contributed by atoms with E-state index in [1.54, 1.807) is 6.07 Å². The Morgan fingerprint density at radius 2 is 2.00 bits per heavy atom. The molecule has 3 rings (SSSR count). The molecule has 1 saturated carbocycles. The highest BCUT2D eigenvalue weighted by molar-refractivity contribution is 5.97. The first-order chi connectivity index (χ1) is 10.5. The molecular weight excluding hydrogens is 276 g/mol. The van der Waals surface area contributed by atoms with E-state index in [9.17, 15) is 9.90 Å². The predicted molar refractivity (Wildman–Crippen MR) is 86.6 cm³/mol. The minimum atomic E-state index is -1.15. The van der Waals surface area contributed by atoms with Crippen molar-refractivity contribution in [3.63, 3.8) is 0 Å². The lowest BCUT2D eigenvalue weighted by atomic mass is 9.79. The van der Waals surface area contributed by atoms with Crippen LogP contribution in [0, 0.1) is 12.8 Å². The summed E-state index contributed by atoms with van der Waals surface area (Å²) >= 11 is 0. The first kappa shape index (κ1) is 15.2. The van der Waals surface area contributed by atoms with Crippen molar-refractivity contribution in [2.45, 2.75) is 58.1 Å². The molecule has 22 heavy (non-hydrogen) atoms. The molecule has 1 heterocycles. The average molecular weight is 300 g/mol. The molecule has 1 aromatic rings. The highest BCUT2D eigenvalue weighted by atomic mass is 16.3. The summed E-state index contributed by atoms with van der Waals surface area (Å²) < 4.78 is 0. The van der Waals surface area contributed by atoms with Gasteiger partial charge in [0.2, 0.25) is 0 Å². The van der Waals surface area contributed by atoms with Gasteiger partial charge in [-0.25, -0.2) is 0 Å². The summed E-state index contributed by atoms with van der Waals surface area (Å²) in [5, 5.41) is 17.0. The molecule has 1 aliphatic carbocycles. The van der Waals surface area contributed by atoms with Crippen molar-refractivity contribution in [3.8, 4) is 0 Å². The molecule has 0 spiro atoms. The smallest absolute Gasteiger partial charge is 0.276 e. The van der Waals surface area contributed by atoms with Crippen LogP contribution in [0.1, 0.15) is 61.4 Å². The van der Waals surface area contributed by atoms with Gasteiger partial charge in [-0.05, 0) is 38.8 Å². The standard InChI is InChI=1S/C18H24N2O2/c1-13-7-6-8-15(11-13)17(21)20-18(22,12-14(2)19-20)16-9-4-3-5-10-16/h6-8,11,16,22H,3-5,9-10,12H2,1-2H3. The number of carbonyl (C=O) groups excluding carboxylic acids is 1. The van der Waals surface area contributed by atoms with Crippen molar-refractivity contribution in [1.29, 1.82) is 0 Å². The summed E-state index contributed by atoms with van der Waals surface area (Å²) in [5.41, 5.74) is 1.31. The molecule has 0 saturated heterocycles. The second kappa shape index (κ2) is 5.84. The van der Waals surface area contributed by atoms with Gasteiger partial charge in [0.05, 0.1) is 0 Å². The van der Waals surface area contributed by atoms with Gasteiger partial charge in [0, 0.05) is 23.6 Å². The van der Waals surface area contributed by atoms with Crippen molar-refractivity contribution < 1.29 is 9.90 Å². The molecule has 1 N–H and O–H groups in total. The third-order valence-electron chi connectivity index (χ3n) is 4.87. The molecule has 4 heteroatoms. The van der Waals surface area contributed by atoms with Crippen LogP contribution in [0.3, 0.4) is 0 Å². The van der Waals surface area contributed by atoms with Crippen molar-refractivity contribution >= 4 is 11.6 Å². The van der Waals surface area contributed by atoms with Crippen molar-refractivity contribution in [1.82, 2.24) is 5.01 Å². The fraction of sp³-hybridized carbons (Fsp3) is 0.556. The minimum absolute atomic E-state index is 0.121. The van der Waals surface area contributed by atoms with Crippen LogP contribution in [0.2, 0.25) is 0 Å². The maximum atomic E-state index is 12.9. The van der Waals surface area contributed by atoms with Crippen LogP contribution in [-0.4, -0.2) is 27.5 Å². The molecule has 118 valence electrons. The van der Waals surface area contributed by atoms with Crippen LogP contribution in [-0.2, 0) is 0 Å². The second-order valence-corrected chi connectivity index (χ2v) is 6.71. The van der Waals surface area contributed by atoms with Crippen LogP contribution in [0.15, 0.2) is 29.4 Å². The summed E-state index contributed by atoms with van der Waals surface area (Å²) in [6.07, 6.45) is 5.87. The quantitative estimate of drug-likeness (QED) is 0.909. The molecule has 1 fully saturated rings.